The Bertz CT molecular complexity index is 141. The second-order valence-corrected chi connectivity index (χ2v) is 6.83. The molecule has 0 nitrogen and oxygen atoms in total. The minimum atomic E-state index is 0.902. The van der Waals surface area contributed by atoms with Crippen molar-refractivity contribution >= 4 is 0 Å². The van der Waals surface area contributed by atoms with Crippen LogP contribution in [0.3, 0.4) is 0 Å². The van der Waals surface area contributed by atoms with Gasteiger partial charge < -0.3 is 0 Å². The monoisotopic (exact) mass is 224 g/mol. The van der Waals surface area contributed by atoms with Gasteiger partial charge in [0.2, 0.25) is 0 Å². The number of rotatable bonds is 6. The lowest BCUT2D eigenvalue weighted by atomic mass is 9.77. The minimum absolute atomic E-state index is 0.902. The highest BCUT2D eigenvalue weighted by Gasteiger charge is 2.20. The van der Waals surface area contributed by atoms with E-state index in [-0.39, 0.29) is 0 Å². The van der Waals surface area contributed by atoms with E-state index in [2.05, 4.69) is 27.7 Å². The van der Waals surface area contributed by atoms with Gasteiger partial charge in [-0.3, -0.25) is 0 Å². The van der Waals surface area contributed by atoms with Gasteiger partial charge in [0, 0.05) is 0 Å². The van der Waals surface area contributed by atoms with Gasteiger partial charge in [-0.25, -0.2) is 0 Å². The number of hydrogen-bond acceptors (Lipinski definition) is 0. The SMILES string of the molecule is CC(C)CCC1CCC(CCC(C)C)CC1. The second-order valence-electron chi connectivity index (χ2n) is 6.83. The first-order valence-corrected chi connectivity index (χ1v) is 7.58. The topological polar surface area (TPSA) is 0 Å². The lowest BCUT2D eigenvalue weighted by Crippen LogP contribution is -2.15. The van der Waals surface area contributed by atoms with Gasteiger partial charge >= 0.3 is 0 Å². The van der Waals surface area contributed by atoms with Gasteiger partial charge in [-0.1, -0.05) is 79.1 Å². The van der Waals surface area contributed by atoms with Crippen molar-refractivity contribution in [2.24, 2.45) is 23.7 Å². The lowest BCUT2D eigenvalue weighted by Gasteiger charge is -2.29. The molecule has 1 fully saturated rings. The zero-order valence-corrected chi connectivity index (χ0v) is 12.0. The van der Waals surface area contributed by atoms with Crippen LogP contribution in [0.15, 0.2) is 0 Å². The third kappa shape index (κ3) is 5.92. The standard InChI is InChI=1S/C16H32/c1-13(2)5-7-15-9-11-16(12-10-15)8-6-14(3)4/h13-16H,5-12H2,1-4H3. The third-order valence-electron chi connectivity index (χ3n) is 4.27. The maximum Gasteiger partial charge on any atom is -0.0414 e. The average molecular weight is 224 g/mol. The van der Waals surface area contributed by atoms with Crippen molar-refractivity contribution in [3.63, 3.8) is 0 Å². The molecule has 0 atom stereocenters. The molecule has 0 saturated heterocycles. The Morgan fingerprint density at radius 3 is 1.25 bits per heavy atom. The Hall–Kier alpha value is 0. The Balaban J connectivity index is 2.09. The van der Waals surface area contributed by atoms with Crippen LogP contribution < -0.4 is 0 Å². The van der Waals surface area contributed by atoms with Crippen LogP contribution in [0.25, 0.3) is 0 Å². The molecule has 0 heterocycles. The summed E-state index contributed by atoms with van der Waals surface area (Å²) in [5.74, 6) is 3.94. The maximum atomic E-state index is 2.36. The Kier molecular flexibility index (Phi) is 6.46. The molecule has 0 amide bonds. The highest BCUT2D eigenvalue weighted by molar-refractivity contribution is 4.73. The summed E-state index contributed by atoms with van der Waals surface area (Å²) in [6, 6.07) is 0. The van der Waals surface area contributed by atoms with Gasteiger partial charge in [0.25, 0.3) is 0 Å². The van der Waals surface area contributed by atoms with Crippen LogP contribution in [0.2, 0.25) is 0 Å². The van der Waals surface area contributed by atoms with E-state index in [0.29, 0.717) is 0 Å². The second kappa shape index (κ2) is 7.35. The quantitative estimate of drug-likeness (QED) is 0.545. The fourth-order valence-corrected chi connectivity index (χ4v) is 2.95. The van der Waals surface area contributed by atoms with Crippen LogP contribution in [-0.4, -0.2) is 0 Å². The van der Waals surface area contributed by atoms with E-state index in [4.69, 9.17) is 0 Å². The predicted molar refractivity (Wildman–Crippen MR) is 73.6 cm³/mol. The van der Waals surface area contributed by atoms with Crippen molar-refractivity contribution in [3.8, 4) is 0 Å². The van der Waals surface area contributed by atoms with Crippen molar-refractivity contribution in [3.05, 3.63) is 0 Å². The molecule has 0 aromatic rings. The van der Waals surface area contributed by atoms with Gasteiger partial charge in [0.15, 0.2) is 0 Å². The summed E-state index contributed by atoms with van der Waals surface area (Å²) in [6.07, 6.45) is 12.0. The molecule has 1 saturated carbocycles. The van der Waals surface area contributed by atoms with Crippen LogP contribution in [0.1, 0.15) is 79.1 Å². The highest BCUT2D eigenvalue weighted by atomic mass is 14.3. The van der Waals surface area contributed by atoms with E-state index in [0.717, 1.165) is 23.7 Å². The molecule has 0 aliphatic heterocycles. The first kappa shape index (κ1) is 14.1. The Morgan fingerprint density at radius 1 is 0.688 bits per heavy atom. The predicted octanol–water partition coefficient (Wildman–Crippen LogP) is 5.67. The molecule has 0 aromatic heterocycles. The molecular weight excluding hydrogens is 192 g/mol. The molecule has 0 radical (unpaired) electrons. The largest absolute Gasteiger partial charge is 0.0628 e. The molecule has 1 rings (SSSR count). The fraction of sp³-hybridized carbons (Fsp3) is 1.00. The normalized spacial score (nSPS) is 26.6. The summed E-state index contributed by atoms with van der Waals surface area (Å²) in [7, 11) is 0. The average Bonchev–Trinajstić information content (AvgIpc) is 2.25. The van der Waals surface area contributed by atoms with Crippen molar-refractivity contribution < 1.29 is 0 Å². The summed E-state index contributed by atoms with van der Waals surface area (Å²) < 4.78 is 0. The summed E-state index contributed by atoms with van der Waals surface area (Å²) in [5.41, 5.74) is 0. The van der Waals surface area contributed by atoms with Gasteiger partial charge in [0.05, 0.1) is 0 Å². The van der Waals surface area contributed by atoms with E-state index in [1.807, 2.05) is 0 Å². The molecule has 16 heavy (non-hydrogen) atoms. The van der Waals surface area contributed by atoms with Crippen LogP contribution in [0, 0.1) is 23.7 Å². The van der Waals surface area contributed by atoms with E-state index in [9.17, 15) is 0 Å². The summed E-state index contributed by atoms with van der Waals surface area (Å²) >= 11 is 0. The molecule has 0 N–H and O–H groups in total. The summed E-state index contributed by atoms with van der Waals surface area (Å²) in [5, 5.41) is 0. The highest BCUT2D eigenvalue weighted by Crippen LogP contribution is 2.34. The molecule has 0 bridgehead atoms. The van der Waals surface area contributed by atoms with Crippen molar-refractivity contribution in [2.75, 3.05) is 0 Å². The van der Waals surface area contributed by atoms with E-state index in [1.54, 1.807) is 0 Å². The minimum Gasteiger partial charge on any atom is -0.0628 e. The van der Waals surface area contributed by atoms with Gasteiger partial charge in [0.1, 0.15) is 0 Å². The van der Waals surface area contributed by atoms with Crippen molar-refractivity contribution in [2.45, 2.75) is 79.1 Å². The van der Waals surface area contributed by atoms with Crippen molar-refractivity contribution in [1.29, 1.82) is 0 Å². The smallest absolute Gasteiger partial charge is 0.0414 e. The zero-order valence-electron chi connectivity index (χ0n) is 12.0. The zero-order chi connectivity index (χ0) is 12.0. The van der Waals surface area contributed by atoms with E-state index < -0.39 is 0 Å². The maximum absolute atomic E-state index is 2.36. The van der Waals surface area contributed by atoms with Crippen LogP contribution in [0.5, 0.6) is 0 Å². The van der Waals surface area contributed by atoms with Crippen LogP contribution >= 0.6 is 0 Å². The molecule has 0 heteroatoms. The Morgan fingerprint density at radius 2 is 1.00 bits per heavy atom. The molecule has 1 aliphatic carbocycles. The van der Waals surface area contributed by atoms with Gasteiger partial charge in [-0.2, -0.15) is 0 Å². The van der Waals surface area contributed by atoms with Gasteiger partial charge in [-0.15, -0.1) is 0 Å². The molecule has 0 spiro atoms. The first-order chi connectivity index (χ1) is 7.58. The van der Waals surface area contributed by atoms with Crippen LogP contribution in [0.4, 0.5) is 0 Å². The Labute approximate surface area is 103 Å². The molecule has 1 aliphatic rings. The molecule has 0 unspecified atom stereocenters. The van der Waals surface area contributed by atoms with Crippen LogP contribution in [-0.2, 0) is 0 Å². The lowest BCUT2D eigenvalue weighted by molar-refractivity contribution is 0.235. The van der Waals surface area contributed by atoms with E-state index in [1.165, 1.54) is 51.4 Å². The summed E-state index contributed by atoms with van der Waals surface area (Å²) in [4.78, 5) is 0. The summed E-state index contributed by atoms with van der Waals surface area (Å²) in [6.45, 7) is 9.42. The number of hydrogen-bond donors (Lipinski definition) is 0. The molecule has 0 aromatic carbocycles. The van der Waals surface area contributed by atoms with Gasteiger partial charge in [-0.05, 0) is 23.7 Å². The fourth-order valence-electron chi connectivity index (χ4n) is 2.95. The van der Waals surface area contributed by atoms with E-state index >= 15 is 0 Å². The molecule has 96 valence electrons. The molecular formula is C16H32. The first-order valence-electron chi connectivity index (χ1n) is 7.58. The third-order valence-corrected chi connectivity index (χ3v) is 4.27. The van der Waals surface area contributed by atoms with Crippen molar-refractivity contribution in [1.82, 2.24) is 0 Å².